The molecule has 0 unspecified atom stereocenters. The Morgan fingerprint density at radius 3 is 2.12 bits per heavy atom. The van der Waals surface area contributed by atoms with E-state index < -0.39 is 0 Å². The predicted molar refractivity (Wildman–Crippen MR) is 96.1 cm³/mol. The molecule has 0 saturated heterocycles. The van der Waals surface area contributed by atoms with E-state index in [0.29, 0.717) is 11.8 Å². The topological polar surface area (TPSA) is 34.6 Å². The fraction of sp³-hybridized carbons (Fsp3) is 0.350. The molecule has 0 saturated carbocycles. The molecule has 0 aliphatic carbocycles. The monoisotopic (exact) mass is 321 g/mol. The zero-order valence-electron chi connectivity index (χ0n) is 15.1. The maximum atomic E-state index is 4.74. The number of hydrogen-bond acceptors (Lipinski definition) is 2. The Labute approximate surface area is 143 Å². The molecule has 0 radical (unpaired) electrons. The molecule has 4 nitrogen and oxygen atoms in total. The summed E-state index contributed by atoms with van der Waals surface area (Å²) in [5.41, 5.74) is 5.76. The summed E-state index contributed by atoms with van der Waals surface area (Å²) in [6.07, 6.45) is 3.89. The van der Waals surface area contributed by atoms with Gasteiger partial charge in [0.2, 0.25) is 5.69 Å². The minimum absolute atomic E-state index is 0.437. The van der Waals surface area contributed by atoms with Crippen LogP contribution in [0.3, 0.4) is 0 Å². The summed E-state index contributed by atoms with van der Waals surface area (Å²) in [5, 5.41) is 4.74. The van der Waals surface area contributed by atoms with E-state index in [1.54, 1.807) is 0 Å². The smallest absolute Gasteiger partial charge is 0.216 e. The molecule has 2 aromatic heterocycles. The van der Waals surface area contributed by atoms with Gasteiger partial charge in [-0.2, -0.15) is 0 Å². The SMILES string of the molecule is CC(C)c1cccc(C(C)C)c1-[n+]1cc(-c2ccccn2)n(C)n1. The molecule has 0 fully saturated rings. The molecule has 0 spiro atoms. The van der Waals surface area contributed by atoms with Gasteiger partial charge < -0.3 is 0 Å². The number of para-hydroxylation sites is 1. The Kier molecular flexibility index (Phi) is 4.47. The number of aryl methyl sites for hydroxylation is 1. The van der Waals surface area contributed by atoms with Crippen molar-refractivity contribution in [3.05, 3.63) is 59.9 Å². The van der Waals surface area contributed by atoms with Crippen molar-refractivity contribution in [1.29, 1.82) is 0 Å². The first-order valence-corrected chi connectivity index (χ1v) is 8.49. The first-order valence-electron chi connectivity index (χ1n) is 8.49. The Morgan fingerprint density at radius 1 is 0.917 bits per heavy atom. The average Bonchev–Trinajstić information content (AvgIpc) is 2.96. The van der Waals surface area contributed by atoms with Crippen molar-refractivity contribution < 1.29 is 4.68 Å². The molecule has 0 atom stereocenters. The fourth-order valence-electron chi connectivity index (χ4n) is 3.05. The van der Waals surface area contributed by atoms with E-state index in [4.69, 9.17) is 5.21 Å². The number of pyridine rings is 1. The van der Waals surface area contributed by atoms with Crippen LogP contribution in [0.4, 0.5) is 0 Å². The highest BCUT2D eigenvalue weighted by Crippen LogP contribution is 2.28. The van der Waals surface area contributed by atoms with Gasteiger partial charge in [-0.25, -0.2) is 0 Å². The van der Waals surface area contributed by atoms with Gasteiger partial charge in [0.05, 0.1) is 5.21 Å². The predicted octanol–water partition coefficient (Wildman–Crippen LogP) is 4.01. The largest absolute Gasteiger partial charge is 0.252 e. The summed E-state index contributed by atoms with van der Waals surface area (Å²) < 4.78 is 3.90. The van der Waals surface area contributed by atoms with Crippen LogP contribution in [0.15, 0.2) is 48.8 Å². The fourth-order valence-corrected chi connectivity index (χ4v) is 3.05. The maximum absolute atomic E-state index is 4.74. The summed E-state index contributed by atoms with van der Waals surface area (Å²) in [5.74, 6) is 0.873. The lowest BCUT2D eigenvalue weighted by molar-refractivity contribution is -0.662. The lowest BCUT2D eigenvalue weighted by Gasteiger charge is -2.15. The third-order valence-electron chi connectivity index (χ3n) is 4.32. The van der Waals surface area contributed by atoms with Gasteiger partial charge in [0.25, 0.3) is 0 Å². The van der Waals surface area contributed by atoms with Gasteiger partial charge in [0, 0.05) is 17.3 Å². The van der Waals surface area contributed by atoms with Crippen LogP contribution in [0.5, 0.6) is 0 Å². The second kappa shape index (κ2) is 6.56. The second-order valence-electron chi connectivity index (χ2n) is 6.78. The summed E-state index contributed by atoms with van der Waals surface area (Å²) >= 11 is 0. The Morgan fingerprint density at radius 2 is 1.58 bits per heavy atom. The van der Waals surface area contributed by atoms with Crippen molar-refractivity contribution in [2.45, 2.75) is 39.5 Å². The van der Waals surface area contributed by atoms with E-state index in [1.165, 1.54) is 16.8 Å². The first-order chi connectivity index (χ1) is 11.5. The van der Waals surface area contributed by atoms with Gasteiger partial charge in [-0.15, -0.1) is 9.36 Å². The summed E-state index contributed by atoms with van der Waals surface area (Å²) in [6, 6.07) is 12.5. The zero-order valence-corrected chi connectivity index (χ0v) is 15.1. The van der Waals surface area contributed by atoms with Crippen molar-refractivity contribution in [3.8, 4) is 17.1 Å². The first kappa shape index (κ1) is 16.4. The van der Waals surface area contributed by atoms with Gasteiger partial charge in [-0.05, 0) is 24.0 Å². The molecule has 0 aliphatic heterocycles. The van der Waals surface area contributed by atoms with Crippen LogP contribution in [0.1, 0.15) is 50.7 Å². The molecule has 24 heavy (non-hydrogen) atoms. The van der Waals surface area contributed by atoms with Crippen molar-refractivity contribution in [3.63, 3.8) is 0 Å². The molecule has 4 heteroatoms. The van der Waals surface area contributed by atoms with Crippen LogP contribution in [-0.2, 0) is 7.05 Å². The minimum Gasteiger partial charge on any atom is -0.252 e. The summed E-state index contributed by atoms with van der Waals surface area (Å²) in [6.45, 7) is 8.91. The van der Waals surface area contributed by atoms with Crippen LogP contribution in [0.25, 0.3) is 17.1 Å². The standard InChI is InChI=1S/C20H25N4/c1-14(2)16-9-8-10-17(15(3)4)20(16)24-13-19(23(5)22-24)18-11-6-7-12-21-18/h6-15H,1-5H3/q+1. The van der Waals surface area contributed by atoms with Crippen LogP contribution in [0.2, 0.25) is 0 Å². The molecule has 2 heterocycles. The van der Waals surface area contributed by atoms with E-state index in [-0.39, 0.29) is 0 Å². The van der Waals surface area contributed by atoms with E-state index in [9.17, 15) is 0 Å². The lowest BCUT2D eigenvalue weighted by atomic mass is 9.93. The van der Waals surface area contributed by atoms with Crippen LogP contribution in [0, 0.1) is 0 Å². The zero-order chi connectivity index (χ0) is 17.3. The van der Waals surface area contributed by atoms with Gasteiger partial charge in [0.1, 0.15) is 12.7 Å². The second-order valence-corrected chi connectivity index (χ2v) is 6.78. The molecule has 3 aromatic rings. The maximum Gasteiger partial charge on any atom is 0.216 e. The van der Waals surface area contributed by atoms with Gasteiger partial charge in [-0.3, -0.25) is 4.98 Å². The molecule has 3 rings (SSSR count). The Balaban J connectivity index is 2.20. The van der Waals surface area contributed by atoms with Crippen LogP contribution >= 0.6 is 0 Å². The van der Waals surface area contributed by atoms with Crippen molar-refractivity contribution in [1.82, 2.24) is 14.9 Å². The molecule has 0 amide bonds. The molecular formula is C20H25N4+. The lowest BCUT2D eigenvalue weighted by Crippen LogP contribution is -2.36. The average molecular weight is 321 g/mol. The Hall–Kier alpha value is -2.49. The highest BCUT2D eigenvalue weighted by molar-refractivity contribution is 5.52. The van der Waals surface area contributed by atoms with Crippen LogP contribution < -0.4 is 4.68 Å². The van der Waals surface area contributed by atoms with E-state index in [2.05, 4.69) is 57.1 Å². The number of hydrogen-bond donors (Lipinski definition) is 0. The Bertz CT molecular complexity index is 806. The quantitative estimate of drug-likeness (QED) is 0.681. The molecule has 124 valence electrons. The van der Waals surface area contributed by atoms with Gasteiger partial charge in [0.15, 0.2) is 11.9 Å². The van der Waals surface area contributed by atoms with Gasteiger partial charge >= 0.3 is 0 Å². The summed E-state index contributed by atoms with van der Waals surface area (Å²) in [4.78, 5) is 4.46. The minimum atomic E-state index is 0.437. The number of benzene rings is 1. The van der Waals surface area contributed by atoms with Crippen LogP contribution in [-0.4, -0.2) is 14.9 Å². The molecule has 0 N–H and O–H groups in total. The number of nitrogens with zero attached hydrogens (tertiary/aromatic N) is 4. The van der Waals surface area contributed by atoms with Crippen molar-refractivity contribution in [2.24, 2.45) is 7.05 Å². The van der Waals surface area contributed by atoms with Gasteiger partial charge in [-0.1, -0.05) is 52.0 Å². The normalized spacial score (nSPS) is 11.5. The third-order valence-corrected chi connectivity index (χ3v) is 4.32. The highest BCUT2D eigenvalue weighted by Gasteiger charge is 2.24. The number of rotatable bonds is 4. The molecule has 0 aliphatic rings. The van der Waals surface area contributed by atoms with Crippen molar-refractivity contribution >= 4 is 0 Å². The van der Waals surface area contributed by atoms with E-state index in [0.717, 1.165) is 11.4 Å². The van der Waals surface area contributed by atoms with Crippen molar-refractivity contribution in [2.75, 3.05) is 0 Å². The third kappa shape index (κ3) is 2.96. The molecule has 0 bridgehead atoms. The van der Waals surface area contributed by atoms with E-state index in [1.807, 2.05) is 40.8 Å². The summed E-state index contributed by atoms with van der Waals surface area (Å²) in [7, 11) is 1.97. The highest BCUT2D eigenvalue weighted by atomic mass is 15.5. The molecule has 1 aromatic carbocycles. The number of aromatic nitrogens is 4. The van der Waals surface area contributed by atoms with E-state index >= 15 is 0 Å². The molecular weight excluding hydrogens is 296 g/mol.